The maximum Gasteiger partial charge on any atom is 0.247 e. The van der Waals surface area contributed by atoms with Gasteiger partial charge in [-0.25, -0.2) is 4.68 Å². The minimum absolute atomic E-state index is 0.0368. The Balaban J connectivity index is 1.32. The van der Waals surface area contributed by atoms with Gasteiger partial charge in [0.15, 0.2) is 0 Å². The van der Waals surface area contributed by atoms with E-state index in [4.69, 9.17) is 9.47 Å². The SMILES string of the molecule is CCOc1ccc(NC(=O)[C@@H]2[C@H]3C(=O)N([C@@H](CC)CO)C(C(=O)NCn4nnc5ccccc54)C34CC[C@@]2(CC)O4)cc1. The first-order valence-corrected chi connectivity index (χ1v) is 15.0. The Bertz CT molecular complexity index is 1520. The van der Waals surface area contributed by atoms with Gasteiger partial charge in [-0.15, -0.1) is 5.10 Å². The molecule has 2 aromatic carbocycles. The number of para-hydroxylation sites is 1. The first-order valence-electron chi connectivity index (χ1n) is 15.0. The molecule has 3 amide bonds. The molecule has 1 spiro atoms. The van der Waals surface area contributed by atoms with E-state index in [1.54, 1.807) is 28.9 Å². The molecule has 0 aliphatic carbocycles. The Kier molecular flexibility index (Phi) is 7.59. The van der Waals surface area contributed by atoms with Gasteiger partial charge in [0.2, 0.25) is 17.7 Å². The summed E-state index contributed by atoms with van der Waals surface area (Å²) in [6.07, 6.45) is 1.93. The Hall–Kier alpha value is -4.03. The van der Waals surface area contributed by atoms with Crippen molar-refractivity contribution in [1.82, 2.24) is 25.2 Å². The van der Waals surface area contributed by atoms with E-state index in [2.05, 4.69) is 20.9 Å². The van der Waals surface area contributed by atoms with E-state index in [9.17, 15) is 19.5 Å². The minimum Gasteiger partial charge on any atom is -0.494 e. The van der Waals surface area contributed by atoms with Crippen LogP contribution in [0.1, 0.15) is 46.5 Å². The van der Waals surface area contributed by atoms with E-state index < -0.39 is 41.0 Å². The van der Waals surface area contributed by atoms with Crippen molar-refractivity contribution in [3.8, 4) is 5.75 Å². The summed E-state index contributed by atoms with van der Waals surface area (Å²) in [5, 5.41) is 24.5. The summed E-state index contributed by atoms with van der Waals surface area (Å²) in [5.41, 5.74) is -0.0543. The highest BCUT2D eigenvalue weighted by Crippen LogP contribution is 2.64. The van der Waals surface area contributed by atoms with Crippen molar-refractivity contribution in [2.24, 2.45) is 11.8 Å². The predicted molar refractivity (Wildman–Crippen MR) is 157 cm³/mol. The molecule has 3 fully saturated rings. The normalized spacial score (nSPS) is 28.2. The second kappa shape index (κ2) is 11.2. The second-order valence-corrected chi connectivity index (χ2v) is 11.5. The number of nitrogens with zero attached hydrogens (tertiary/aromatic N) is 4. The molecule has 12 heteroatoms. The summed E-state index contributed by atoms with van der Waals surface area (Å²) in [6, 6.07) is 12.9. The summed E-state index contributed by atoms with van der Waals surface area (Å²) in [7, 11) is 0. The fraction of sp³-hybridized carbons (Fsp3) is 0.516. The first kappa shape index (κ1) is 29.1. The number of benzene rings is 2. The number of hydrogen-bond acceptors (Lipinski definition) is 8. The van der Waals surface area contributed by atoms with Gasteiger partial charge >= 0.3 is 0 Å². The number of likely N-dealkylation sites (tertiary alicyclic amines) is 1. The highest BCUT2D eigenvalue weighted by atomic mass is 16.5. The Morgan fingerprint density at radius 1 is 1.12 bits per heavy atom. The number of ether oxygens (including phenoxy) is 2. The van der Waals surface area contributed by atoms with Crippen LogP contribution in [-0.4, -0.2) is 79.2 Å². The van der Waals surface area contributed by atoms with Crippen molar-refractivity contribution in [2.75, 3.05) is 18.5 Å². The van der Waals surface area contributed by atoms with E-state index in [0.29, 0.717) is 49.2 Å². The molecule has 228 valence electrons. The van der Waals surface area contributed by atoms with Crippen LogP contribution in [0.3, 0.4) is 0 Å². The number of aliphatic hydroxyl groups is 1. The van der Waals surface area contributed by atoms with Crippen molar-refractivity contribution in [3.05, 3.63) is 48.5 Å². The highest BCUT2D eigenvalue weighted by Gasteiger charge is 2.79. The number of rotatable bonds is 11. The molecule has 3 aliphatic heterocycles. The Morgan fingerprint density at radius 3 is 2.58 bits per heavy atom. The molecule has 6 atom stereocenters. The number of carbonyl (C=O) groups excluding carboxylic acids is 3. The van der Waals surface area contributed by atoms with Crippen molar-refractivity contribution in [2.45, 2.75) is 76.4 Å². The van der Waals surface area contributed by atoms with Crippen LogP contribution in [0.2, 0.25) is 0 Å². The predicted octanol–water partition coefficient (Wildman–Crippen LogP) is 2.47. The number of anilines is 1. The lowest BCUT2D eigenvalue weighted by Gasteiger charge is -2.37. The molecule has 3 aromatic rings. The minimum atomic E-state index is -1.20. The molecule has 12 nitrogen and oxygen atoms in total. The third kappa shape index (κ3) is 4.54. The van der Waals surface area contributed by atoms with Crippen molar-refractivity contribution < 1.29 is 29.0 Å². The molecule has 3 N–H and O–H groups in total. The van der Waals surface area contributed by atoms with Crippen LogP contribution in [0.15, 0.2) is 48.5 Å². The number of aromatic nitrogens is 3. The van der Waals surface area contributed by atoms with Crippen molar-refractivity contribution >= 4 is 34.4 Å². The summed E-state index contributed by atoms with van der Waals surface area (Å²) in [4.78, 5) is 43.9. The van der Waals surface area contributed by atoms with Gasteiger partial charge in [0.25, 0.3) is 0 Å². The fourth-order valence-corrected chi connectivity index (χ4v) is 7.47. The van der Waals surface area contributed by atoms with E-state index in [-0.39, 0.29) is 25.1 Å². The number of amides is 3. The monoisotopic (exact) mass is 590 g/mol. The average Bonchev–Trinajstić information content (AvgIpc) is 3.75. The van der Waals surface area contributed by atoms with Gasteiger partial charge in [0, 0.05) is 5.69 Å². The summed E-state index contributed by atoms with van der Waals surface area (Å²) >= 11 is 0. The molecule has 0 radical (unpaired) electrons. The van der Waals surface area contributed by atoms with Gasteiger partial charge in [-0.05, 0) is 69.0 Å². The molecule has 1 aromatic heterocycles. The van der Waals surface area contributed by atoms with Crippen LogP contribution in [-0.2, 0) is 25.8 Å². The highest BCUT2D eigenvalue weighted by molar-refractivity contribution is 6.02. The fourth-order valence-electron chi connectivity index (χ4n) is 7.47. The van der Waals surface area contributed by atoms with E-state index in [1.165, 1.54) is 4.90 Å². The number of carbonyl (C=O) groups is 3. The largest absolute Gasteiger partial charge is 0.494 e. The van der Waals surface area contributed by atoms with Gasteiger partial charge < -0.3 is 30.1 Å². The zero-order valence-corrected chi connectivity index (χ0v) is 24.7. The van der Waals surface area contributed by atoms with E-state index in [0.717, 1.165) is 5.52 Å². The van der Waals surface area contributed by atoms with Crippen LogP contribution < -0.4 is 15.4 Å². The molecule has 4 heterocycles. The maximum atomic E-state index is 14.3. The van der Waals surface area contributed by atoms with Crippen LogP contribution >= 0.6 is 0 Å². The molecule has 0 saturated carbocycles. The van der Waals surface area contributed by atoms with Gasteiger partial charge in [-0.2, -0.15) is 0 Å². The quantitative estimate of drug-likeness (QED) is 0.309. The van der Waals surface area contributed by atoms with Crippen LogP contribution in [0.5, 0.6) is 5.75 Å². The van der Waals surface area contributed by atoms with E-state index in [1.807, 2.05) is 45.0 Å². The Labute approximate surface area is 249 Å². The zero-order chi connectivity index (χ0) is 30.4. The average molecular weight is 591 g/mol. The number of aliphatic hydroxyl groups excluding tert-OH is 1. The zero-order valence-electron chi connectivity index (χ0n) is 24.7. The molecule has 43 heavy (non-hydrogen) atoms. The third-order valence-electron chi connectivity index (χ3n) is 9.48. The van der Waals surface area contributed by atoms with Gasteiger partial charge in [-0.1, -0.05) is 31.2 Å². The van der Waals surface area contributed by atoms with Crippen LogP contribution in [0, 0.1) is 11.8 Å². The summed E-state index contributed by atoms with van der Waals surface area (Å²) in [6.45, 7) is 5.96. The molecular formula is C31H38N6O6. The van der Waals surface area contributed by atoms with E-state index >= 15 is 0 Å². The topological polar surface area (TPSA) is 148 Å². The van der Waals surface area contributed by atoms with Crippen LogP contribution in [0.25, 0.3) is 11.0 Å². The van der Waals surface area contributed by atoms with Crippen LogP contribution in [0.4, 0.5) is 5.69 Å². The van der Waals surface area contributed by atoms with Crippen molar-refractivity contribution in [1.29, 1.82) is 0 Å². The maximum absolute atomic E-state index is 14.3. The molecular weight excluding hydrogens is 552 g/mol. The lowest BCUT2D eigenvalue weighted by atomic mass is 9.65. The number of fused-ring (bicyclic) bond motifs is 2. The molecule has 6 rings (SSSR count). The number of hydrogen-bond donors (Lipinski definition) is 3. The van der Waals surface area contributed by atoms with Gasteiger partial charge in [-0.3, -0.25) is 14.4 Å². The van der Waals surface area contributed by atoms with Gasteiger partial charge in [0.05, 0.1) is 42.2 Å². The molecule has 2 bridgehead atoms. The Morgan fingerprint density at radius 2 is 1.88 bits per heavy atom. The summed E-state index contributed by atoms with van der Waals surface area (Å²) < 4.78 is 13.9. The third-order valence-corrected chi connectivity index (χ3v) is 9.48. The smallest absolute Gasteiger partial charge is 0.247 e. The van der Waals surface area contributed by atoms with Crippen molar-refractivity contribution in [3.63, 3.8) is 0 Å². The molecule has 3 aliphatic rings. The summed E-state index contributed by atoms with van der Waals surface area (Å²) in [5.74, 6) is -2.06. The molecule has 3 saturated heterocycles. The van der Waals surface area contributed by atoms with Gasteiger partial charge in [0.1, 0.15) is 29.6 Å². The lowest BCUT2D eigenvalue weighted by molar-refractivity contribution is -0.150. The lowest BCUT2D eigenvalue weighted by Crippen LogP contribution is -2.58. The number of nitrogens with one attached hydrogen (secondary N) is 2. The first-order chi connectivity index (χ1) is 20.8. The molecule has 2 unspecified atom stereocenters. The second-order valence-electron chi connectivity index (χ2n) is 11.5. The standard InChI is InChI=1S/C31H38N6O6/c1-4-20(17-38)37-26(28(40)32-18-36-23-10-8-7-9-22(23)34-35-36)31-16-15-30(5-2,43-31)24(25(31)29(37)41)27(39)33-19-11-13-21(14-12-19)42-6-3/h7-14,20,24-26,38H,4-6,15-18H2,1-3H3,(H,32,40)(H,33,39)/t20-,24-,25-,26?,30+,31?/m0/s1.